The van der Waals surface area contributed by atoms with Gasteiger partial charge in [-0.1, -0.05) is 23.7 Å². The van der Waals surface area contributed by atoms with E-state index >= 15 is 0 Å². The molecule has 1 aliphatic rings. The highest BCUT2D eigenvalue weighted by molar-refractivity contribution is 9.10. The van der Waals surface area contributed by atoms with Gasteiger partial charge in [-0.15, -0.1) is 0 Å². The van der Waals surface area contributed by atoms with E-state index in [2.05, 4.69) is 26.6 Å². The largest absolute Gasteiger partial charge is 0.483 e. The van der Waals surface area contributed by atoms with Crippen molar-refractivity contribution in [1.29, 1.82) is 0 Å². The van der Waals surface area contributed by atoms with E-state index in [1.807, 2.05) is 0 Å². The molecule has 0 atom stereocenters. The molecule has 5 amide bonds. The van der Waals surface area contributed by atoms with E-state index < -0.39 is 29.6 Å². The lowest BCUT2D eigenvalue weighted by Crippen LogP contribution is -2.54. The fourth-order valence-corrected chi connectivity index (χ4v) is 4.06. The van der Waals surface area contributed by atoms with Crippen LogP contribution in [0.25, 0.3) is 6.08 Å². The van der Waals surface area contributed by atoms with Crippen LogP contribution in [0.15, 0.2) is 70.7 Å². The Morgan fingerprint density at radius 2 is 1.84 bits per heavy atom. The van der Waals surface area contributed by atoms with E-state index in [9.17, 15) is 23.6 Å². The lowest BCUT2D eigenvalue weighted by atomic mass is 10.1. The van der Waals surface area contributed by atoms with Crippen molar-refractivity contribution in [1.82, 2.24) is 5.32 Å². The number of nitrogens with one attached hydrogen (secondary N) is 2. The van der Waals surface area contributed by atoms with E-state index in [4.69, 9.17) is 16.3 Å². The van der Waals surface area contributed by atoms with Crippen molar-refractivity contribution in [3.63, 3.8) is 0 Å². The number of halogens is 3. The molecule has 0 spiro atoms. The average molecular weight is 587 g/mol. The molecule has 8 nitrogen and oxygen atoms in total. The Bertz CT molecular complexity index is 1460. The van der Waals surface area contributed by atoms with Gasteiger partial charge in [0, 0.05) is 10.7 Å². The summed E-state index contributed by atoms with van der Waals surface area (Å²) < 4.78 is 19.0. The fraction of sp³-hybridized carbons (Fsp3) is 0.0769. The van der Waals surface area contributed by atoms with Crippen molar-refractivity contribution in [2.24, 2.45) is 0 Å². The van der Waals surface area contributed by atoms with E-state index in [1.54, 1.807) is 37.3 Å². The number of aryl methyl sites for hydroxylation is 1. The molecule has 0 unspecified atom stereocenters. The highest BCUT2D eigenvalue weighted by Crippen LogP contribution is 2.29. The van der Waals surface area contributed by atoms with Gasteiger partial charge in [-0.25, -0.2) is 14.1 Å². The standard InChI is InChI=1S/C26H18BrClFN3O5/c1-14-2-8-18(12-21(14)28)32-25(35)19(24(34)31-26(32)36)10-15-3-9-22(20(27)11-15)37-13-23(33)30-17-6-4-16(29)5-7-17/h2-12H,13H2,1H3,(H,30,33)(H,31,34,36)/b19-10+. The first-order valence-electron chi connectivity index (χ1n) is 10.8. The molecule has 3 aromatic rings. The summed E-state index contributed by atoms with van der Waals surface area (Å²) in [5.41, 5.74) is 1.62. The Morgan fingerprint density at radius 1 is 1.11 bits per heavy atom. The zero-order valence-electron chi connectivity index (χ0n) is 19.2. The number of ether oxygens (including phenoxy) is 1. The number of amides is 5. The number of benzene rings is 3. The number of carbonyl (C=O) groups excluding carboxylic acids is 4. The molecule has 0 bridgehead atoms. The number of hydrogen-bond donors (Lipinski definition) is 2. The average Bonchev–Trinajstić information content (AvgIpc) is 2.84. The summed E-state index contributed by atoms with van der Waals surface area (Å²) in [7, 11) is 0. The van der Waals surface area contributed by atoms with E-state index in [0.29, 0.717) is 26.5 Å². The van der Waals surface area contributed by atoms with Crippen molar-refractivity contribution in [3.05, 3.63) is 92.7 Å². The normalized spacial score (nSPS) is 14.5. The molecule has 4 rings (SSSR count). The van der Waals surface area contributed by atoms with Crippen LogP contribution in [0.3, 0.4) is 0 Å². The third-order valence-electron chi connectivity index (χ3n) is 5.27. The number of urea groups is 1. The molecule has 1 heterocycles. The molecule has 188 valence electrons. The number of anilines is 2. The summed E-state index contributed by atoms with van der Waals surface area (Å²) in [6.07, 6.45) is 1.34. The van der Waals surface area contributed by atoms with Gasteiger partial charge in [0.25, 0.3) is 17.7 Å². The molecular formula is C26H18BrClFN3O5. The monoisotopic (exact) mass is 585 g/mol. The molecule has 1 saturated heterocycles. The fourth-order valence-electron chi connectivity index (χ4n) is 3.38. The smallest absolute Gasteiger partial charge is 0.335 e. The second-order valence-electron chi connectivity index (χ2n) is 7.92. The number of nitrogens with zero attached hydrogens (tertiary/aromatic N) is 1. The zero-order valence-corrected chi connectivity index (χ0v) is 21.5. The number of hydrogen-bond acceptors (Lipinski definition) is 5. The molecule has 11 heteroatoms. The summed E-state index contributed by atoms with van der Waals surface area (Å²) >= 11 is 9.49. The minimum Gasteiger partial charge on any atom is -0.483 e. The van der Waals surface area contributed by atoms with Gasteiger partial charge in [-0.2, -0.15) is 0 Å². The lowest BCUT2D eigenvalue weighted by molar-refractivity contribution is -0.122. The first-order chi connectivity index (χ1) is 17.6. The first-order valence-corrected chi connectivity index (χ1v) is 11.9. The molecular weight excluding hydrogens is 569 g/mol. The predicted molar refractivity (Wildman–Crippen MR) is 140 cm³/mol. The van der Waals surface area contributed by atoms with Crippen molar-refractivity contribution in [2.75, 3.05) is 16.8 Å². The van der Waals surface area contributed by atoms with Crippen LogP contribution >= 0.6 is 27.5 Å². The Labute approximate surface area is 224 Å². The van der Waals surface area contributed by atoms with Gasteiger partial charge in [-0.3, -0.25) is 19.7 Å². The maximum Gasteiger partial charge on any atom is 0.335 e. The number of barbiturate groups is 1. The maximum atomic E-state index is 13.1. The van der Waals surface area contributed by atoms with Gasteiger partial charge >= 0.3 is 6.03 Å². The Morgan fingerprint density at radius 3 is 2.51 bits per heavy atom. The number of rotatable bonds is 6. The van der Waals surface area contributed by atoms with Crippen molar-refractivity contribution in [2.45, 2.75) is 6.92 Å². The second-order valence-corrected chi connectivity index (χ2v) is 9.19. The molecule has 0 aromatic heterocycles. The summed E-state index contributed by atoms with van der Waals surface area (Å²) in [6.45, 7) is 1.47. The molecule has 0 aliphatic carbocycles. The minimum absolute atomic E-state index is 0.223. The molecule has 3 aromatic carbocycles. The van der Waals surface area contributed by atoms with Crippen molar-refractivity contribution >= 4 is 68.7 Å². The summed E-state index contributed by atoms with van der Waals surface area (Å²) in [4.78, 5) is 50.9. The number of carbonyl (C=O) groups is 4. The summed E-state index contributed by atoms with van der Waals surface area (Å²) in [6, 6.07) is 13.8. The van der Waals surface area contributed by atoms with Gasteiger partial charge in [0.15, 0.2) is 6.61 Å². The van der Waals surface area contributed by atoms with Crippen LogP contribution in [0.2, 0.25) is 5.02 Å². The van der Waals surface area contributed by atoms with Gasteiger partial charge in [0.2, 0.25) is 0 Å². The quantitative estimate of drug-likeness (QED) is 0.304. The first kappa shape index (κ1) is 26.1. The molecule has 37 heavy (non-hydrogen) atoms. The van der Waals surface area contributed by atoms with Crippen LogP contribution in [-0.4, -0.2) is 30.4 Å². The Hall–Kier alpha value is -4.02. The minimum atomic E-state index is -0.879. The van der Waals surface area contributed by atoms with Crippen molar-refractivity contribution in [3.8, 4) is 5.75 Å². The zero-order chi connectivity index (χ0) is 26.7. The molecule has 1 fully saturated rings. The van der Waals surface area contributed by atoms with Crippen LogP contribution in [0.5, 0.6) is 5.75 Å². The summed E-state index contributed by atoms with van der Waals surface area (Å²) in [5.74, 6) is -2.17. The lowest BCUT2D eigenvalue weighted by Gasteiger charge is -2.26. The maximum absolute atomic E-state index is 13.1. The molecule has 0 saturated carbocycles. The highest BCUT2D eigenvalue weighted by atomic mass is 79.9. The van der Waals surface area contributed by atoms with Crippen molar-refractivity contribution < 1.29 is 28.3 Å². The topological polar surface area (TPSA) is 105 Å². The van der Waals surface area contributed by atoms with Gasteiger partial charge < -0.3 is 10.1 Å². The molecule has 2 N–H and O–H groups in total. The highest BCUT2D eigenvalue weighted by Gasteiger charge is 2.37. The van der Waals surface area contributed by atoms with Crippen LogP contribution in [0.4, 0.5) is 20.6 Å². The van der Waals surface area contributed by atoms with Crippen LogP contribution in [0, 0.1) is 12.7 Å². The van der Waals surface area contributed by atoms with E-state index in [-0.39, 0.29) is 17.9 Å². The van der Waals surface area contributed by atoms with E-state index in [0.717, 1.165) is 10.5 Å². The van der Waals surface area contributed by atoms with Crippen LogP contribution in [0.1, 0.15) is 11.1 Å². The van der Waals surface area contributed by atoms with Gasteiger partial charge in [0.05, 0.1) is 10.2 Å². The van der Waals surface area contributed by atoms with Crippen LogP contribution in [-0.2, 0) is 14.4 Å². The Kier molecular flexibility index (Phi) is 7.70. The second kappa shape index (κ2) is 10.9. The Balaban J connectivity index is 1.48. The molecule has 1 aliphatic heterocycles. The number of imide groups is 2. The van der Waals surface area contributed by atoms with E-state index in [1.165, 1.54) is 36.4 Å². The van der Waals surface area contributed by atoms with Gasteiger partial charge in [-0.05, 0) is 88.6 Å². The molecule has 0 radical (unpaired) electrons. The SMILES string of the molecule is Cc1ccc(N2C(=O)NC(=O)/C(=C\c3ccc(OCC(=O)Nc4ccc(F)cc4)c(Br)c3)C2=O)cc1Cl. The predicted octanol–water partition coefficient (Wildman–Crippen LogP) is 5.23. The van der Waals surface area contributed by atoms with Crippen LogP contribution < -0.4 is 20.3 Å². The third kappa shape index (κ3) is 6.04. The third-order valence-corrected chi connectivity index (χ3v) is 6.30. The summed E-state index contributed by atoms with van der Waals surface area (Å²) in [5, 5.41) is 5.11. The van der Waals surface area contributed by atoms with Gasteiger partial charge in [0.1, 0.15) is 17.1 Å².